The second kappa shape index (κ2) is 11.1. The Morgan fingerprint density at radius 3 is 2.31 bits per heavy atom. The number of sulfonamides is 1. The van der Waals surface area contributed by atoms with Crippen LogP contribution in [0.1, 0.15) is 11.1 Å². The zero-order chi connectivity index (χ0) is 26.5. The van der Waals surface area contributed by atoms with Crippen LogP contribution in [0.4, 0.5) is 18.9 Å². The van der Waals surface area contributed by atoms with E-state index in [1.165, 1.54) is 32.4 Å². The molecule has 192 valence electrons. The molecule has 1 N–H and O–H groups in total. The Bertz CT molecular complexity index is 1350. The molecule has 0 radical (unpaired) electrons. The number of alkyl halides is 3. The lowest BCUT2D eigenvalue weighted by Gasteiger charge is -2.25. The zero-order valence-corrected chi connectivity index (χ0v) is 20.7. The van der Waals surface area contributed by atoms with Gasteiger partial charge in [-0.05, 0) is 42.0 Å². The average molecular weight is 543 g/mol. The van der Waals surface area contributed by atoms with Gasteiger partial charge in [0.25, 0.3) is 10.0 Å². The van der Waals surface area contributed by atoms with Crippen molar-refractivity contribution in [2.45, 2.75) is 17.6 Å². The summed E-state index contributed by atoms with van der Waals surface area (Å²) in [4.78, 5) is 12.5. The van der Waals surface area contributed by atoms with Gasteiger partial charge in [-0.15, -0.1) is 0 Å². The number of amides is 1. The van der Waals surface area contributed by atoms with Gasteiger partial charge in [-0.25, -0.2) is 8.42 Å². The van der Waals surface area contributed by atoms with Crippen LogP contribution in [0.25, 0.3) is 0 Å². The number of rotatable bonds is 9. The number of benzene rings is 3. The molecule has 0 atom stereocenters. The van der Waals surface area contributed by atoms with Gasteiger partial charge >= 0.3 is 6.18 Å². The van der Waals surface area contributed by atoms with Crippen molar-refractivity contribution in [2.75, 3.05) is 25.1 Å². The SMILES string of the molecule is COc1ccc(S(=O)(=O)N(CC(=O)NCc2ccccc2Cl)c2cccc(C(F)(F)F)c2)cc1OC. The van der Waals surface area contributed by atoms with Crippen LogP contribution < -0.4 is 19.1 Å². The number of ether oxygens (including phenoxy) is 2. The van der Waals surface area contributed by atoms with E-state index in [0.717, 1.165) is 18.2 Å². The Hall–Kier alpha value is -3.44. The molecule has 1 amide bonds. The summed E-state index contributed by atoms with van der Waals surface area (Å²) in [6.07, 6.45) is -4.72. The molecule has 36 heavy (non-hydrogen) atoms. The van der Waals surface area contributed by atoms with Crippen LogP contribution in [0.15, 0.2) is 71.6 Å². The number of carbonyl (C=O) groups is 1. The van der Waals surface area contributed by atoms with E-state index in [-0.39, 0.29) is 28.6 Å². The third-order valence-electron chi connectivity index (χ3n) is 5.13. The third-order valence-corrected chi connectivity index (χ3v) is 7.26. The molecule has 0 aliphatic carbocycles. The largest absolute Gasteiger partial charge is 0.493 e. The van der Waals surface area contributed by atoms with Crippen molar-refractivity contribution < 1.29 is 35.9 Å². The lowest BCUT2D eigenvalue weighted by Crippen LogP contribution is -2.40. The summed E-state index contributed by atoms with van der Waals surface area (Å²) in [5.74, 6) is -0.415. The first-order chi connectivity index (χ1) is 17.0. The summed E-state index contributed by atoms with van der Waals surface area (Å²) in [6.45, 7) is -0.798. The topological polar surface area (TPSA) is 84.9 Å². The Kier molecular flexibility index (Phi) is 8.36. The van der Waals surface area contributed by atoms with Crippen LogP contribution in [0.3, 0.4) is 0 Å². The minimum absolute atomic E-state index is 0.00859. The van der Waals surface area contributed by atoms with Crippen LogP contribution in [0, 0.1) is 0 Å². The number of halogens is 4. The Morgan fingerprint density at radius 1 is 0.972 bits per heavy atom. The van der Waals surface area contributed by atoms with Crippen molar-refractivity contribution >= 4 is 33.2 Å². The number of nitrogens with one attached hydrogen (secondary N) is 1. The van der Waals surface area contributed by atoms with Crippen molar-refractivity contribution in [1.29, 1.82) is 0 Å². The summed E-state index contributed by atoms with van der Waals surface area (Å²) in [6, 6.07) is 14.1. The molecule has 0 fully saturated rings. The standard InChI is InChI=1S/C24H22ClF3N2O5S/c1-34-21-11-10-19(13-22(21)35-2)36(32,33)30(18-8-5-7-17(12-18)24(26,27)28)15-23(31)29-14-16-6-3-4-9-20(16)25/h3-13H,14-15H2,1-2H3,(H,29,31). The Labute approximate surface area is 211 Å². The van der Waals surface area contributed by atoms with Crippen LogP contribution >= 0.6 is 11.6 Å². The molecule has 7 nitrogen and oxygen atoms in total. The van der Waals surface area contributed by atoms with Crippen LogP contribution in [-0.2, 0) is 27.5 Å². The van der Waals surface area contributed by atoms with Crippen molar-refractivity contribution in [3.8, 4) is 11.5 Å². The summed E-state index contributed by atoms with van der Waals surface area (Å²) < 4.78 is 78.1. The number of hydrogen-bond donors (Lipinski definition) is 1. The van der Waals surface area contributed by atoms with Crippen LogP contribution in [0.5, 0.6) is 11.5 Å². The first-order valence-electron chi connectivity index (χ1n) is 10.4. The second-order valence-electron chi connectivity index (χ2n) is 7.44. The molecular formula is C24H22ClF3N2O5S. The molecule has 0 heterocycles. The number of methoxy groups -OCH3 is 2. The molecule has 3 rings (SSSR count). The lowest BCUT2D eigenvalue weighted by atomic mass is 10.2. The average Bonchev–Trinajstić information content (AvgIpc) is 2.85. The smallest absolute Gasteiger partial charge is 0.416 e. The van der Waals surface area contributed by atoms with E-state index in [4.69, 9.17) is 21.1 Å². The van der Waals surface area contributed by atoms with Gasteiger partial charge in [0.15, 0.2) is 11.5 Å². The summed E-state index contributed by atoms with van der Waals surface area (Å²) >= 11 is 6.09. The number of nitrogens with zero attached hydrogens (tertiary/aromatic N) is 1. The van der Waals surface area contributed by atoms with Gasteiger partial charge in [0.2, 0.25) is 5.91 Å². The summed E-state index contributed by atoms with van der Waals surface area (Å²) in [5.41, 5.74) is -0.822. The molecular weight excluding hydrogens is 521 g/mol. The molecule has 3 aromatic carbocycles. The predicted molar refractivity (Wildman–Crippen MR) is 129 cm³/mol. The molecule has 0 unspecified atom stereocenters. The minimum atomic E-state index is -4.72. The molecule has 0 spiro atoms. The normalized spacial score (nSPS) is 11.6. The summed E-state index contributed by atoms with van der Waals surface area (Å²) in [5, 5.41) is 2.95. The van der Waals surface area contributed by atoms with Gasteiger partial charge in [0.1, 0.15) is 6.54 Å². The Balaban J connectivity index is 2.00. The quantitative estimate of drug-likeness (QED) is 0.416. The lowest BCUT2D eigenvalue weighted by molar-refractivity contribution is -0.137. The van der Waals surface area contributed by atoms with E-state index in [9.17, 15) is 26.4 Å². The maximum Gasteiger partial charge on any atom is 0.416 e. The number of carbonyl (C=O) groups excluding carboxylic acids is 1. The number of anilines is 1. The molecule has 0 aliphatic rings. The van der Waals surface area contributed by atoms with Gasteiger partial charge in [-0.2, -0.15) is 13.2 Å². The first-order valence-corrected chi connectivity index (χ1v) is 12.2. The van der Waals surface area contributed by atoms with Crippen molar-refractivity contribution in [2.24, 2.45) is 0 Å². The molecule has 3 aromatic rings. The van der Waals surface area contributed by atoms with Crippen LogP contribution in [0.2, 0.25) is 5.02 Å². The third kappa shape index (κ3) is 6.21. The van der Waals surface area contributed by atoms with E-state index in [1.807, 2.05) is 0 Å². The van der Waals surface area contributed by atoms with Gasteiger partial charge in [-0.1, -0.05) is 35.9 Å². The molecule has 0 bridgehead atoms. The maximum absolute atomic E-state index is 13.6. The fraction of sp³-hybridized carbons (Fsp3) is 0.208. The highest BCUT2D eigenvalue weighted by Gasteiger charge is 2.33. The van der Waals surface area contributed by atoms with E-state index in [0.29, 0.717) is 21.0 Å². The molecule has 12 heteroatoms. The molecule has 0 aromatic heterocycles. The van der Waals surface area contributed by atoms with Gasteiger partial charge < -0.3 is 14.8 Å². The molecule has 0 aliphatic heterocycles. The number of hydrogen-bond acceptors (Lipinski definition) is 5. The molecule has 0 saturated carbocycles. The fourth-order valence-corrected chi connectivity index (χ4v) is 4.91. The highest BCUT2D eigenvalue weighted by molar-refractivity contribution is 7.92. The highest BCUT2D eigenvalue weighted by atomic mass is 35.5. The Morgan fingerprint density at radius 2 is 1.67 bits per heavy atom. The van der Waals surface area contributed by atoms with Crippen LogP contribution in [-0.4, -0.2) is 35.1 Å². The summed E-state index contributed by atoms with van der Waals surface area (Å²) in [7, 11) is -1.84. The van der Waals surface area contributed by atoms with Crippen molar-refractivity contribution in [3.05, 3.63) is 82.9 Å². The highest BCUT2D eigenvalue weighted by Crippen LogP contribution is 2.35. The maximum atomic E-state index is 13.6. The van der Waals surface area contributed by atoms with Gasteiger partial charge in [0, 0.05) is 17.6 Å². The first kappa shape index (κ1) is 27.2. The predicted octanol–water partition coefficient (Wildman–Crippen LogP) is 4.89. The zero-order valence-electron chi connectivity index (χ0n) is 19.2. The second-order valence-corrected chi connectivity index (χ2v) is 9.71. The minimum Gasteiger partial charge on any atom is -0.493 e. The van der Waals surface area contributed by atoms with Gasteiger partial charge in [-0.3, -0.25) is 9.10 Å². The van der Waals surface area contributed by atoms with Crippen molar-refractivity contribution in [1.82, 2.24) is 5.32 Å². The fourth-order valence-electron chi connectivity index (χ4n) is 3.28. The van der Waals surface area contributed by atoms with Gasteiger partial charge in [0.05, 0.1) is 30.4 Å². The van der Waals surface area contributed by atoms with E-state index in [1.54, 1.807) is 24.3 Å². The van der Waals surface area contributed by atoms with E-state index < -0.39 is 34.2 Å². The van der Waals surface area contributed by atoms with Crippen molar-refractivity contribution in [3.63, 3.8) is 0 Å². The monoisotopic (exact) mass is 542 g/mol. The van der Waals surface area contributed by atoms with E-state index >= 15 is 0 Å². The molecule has 0 saturated heterocycles. The van der Waals surface area contributed by atoms with E-state index in [2.05, 4.69) is 5.32 Å².